The summed E-state index contributed by atoms with van der Waals surface area (Å²) in [5, 5.41) is 2.57. The van der Waals surface area contributed by atoms with Crippen LogP contribution in [-0.4, -0.2) is 23.8 Å². The zero-order valence-corrected chi connectivity index (χ0v) is 14.2. The topological polar surface area (TPSA) is 87.3 Å². The molecule has 130 valence electrons. The van der Waals surface area contributed by atoms with Gasteiger partial charge in [0.1, 0.15) is 6.04 Å². The van der Waals surface area contributed by atoms with Crippen LogP contribution in [0.15, 0.2) is 54.6 Å². The van der Waals surface area contributed by atoms with Crippen molar-refractivity contribution in [3.05, 3.63) is 71.3 Å². The number of amides is 3. The lowest BCUT2D eigenvalue weighted by Gasteiger charge is -2.14. The SMILES string of the molecule is CCc1ccc(C(=O)NNC(=O)C(C)NC(=O)c2ccccc2)cc1. The summed E-state index contributed by atoms with van der Waals surface area (Å²) in [5.74, 6) is -1.29. The highest BCUT2D eigenvalue weighted by molar-refractivity contribution is 5.98. The third-order valence-corrected chi connectivity index (χ3v) is 3.70. The maximum atomic E-state index is 12.0. The molecule has 2 aromatic carbocycles. The molecule has 6 nitrogen and oxygen atoms in total. The molecule has 3 amide bonds. The lowest BCUT2D eigenvalue weighted by Crippen LogP contribution is -2.51. The lowest BCUT2D eigenvalue weighted by molar-refractivity contribution is -0.123. The highest BCUT2D eigenvalue weighted by Gasteiger charge is 2.17. The molecule has 1 unspecified atom stereocenters. The predicted molar refractivity (Wildman–Crippen MR) is 94.8 cm³/mol. The summed E-state index contributed by atoms with van der Waals surface area (Å²) >= 11 is 0. The molecule has 0 aliphatic heterocycles. The summed E-state index contributed by atoms with van der Waals surface area (Å²) in [5.41, 5.74) is 6.68. The van der Waals surface area contributed by atoms with Gasteiger partial charge in [0.2, 0.25) is 0 Å². The molecule has 25 heavy (non-hydrogen) atoms. The van der Waals surface area contributed by atoms with Gasteiger partial charge in [-0.2, -0.15) is 0 Å². The van der Waals surface area contributed by atoms with Gasteiger partial charge in [0.25, 0.3) is 17.7 Å². The molecule has 1 atom stereocenters. The van der Waals surface area contributed by atoms with E-state index in [0.29, 0.717) is 11.1 Å². The normalized spacial score (nSPS) is 11.3. The van der Waals surface area contributed by atoms with Gasteiger partial charge in [-0.05, 0) is 43.2 Å². The summed E-state index contributed by atoms with van der Waals surface area (Å²) in [6, 6.07) is 14.9. The van der Waals surface area contributed by atoms with Crippen LogP contribution in [-0.2, 0) is 11.2 Å². The van der Waals surface area contributed by atoms with Gasteiger partial charge >= 0.3 is 0 Å². The number of benzene rings is 2. The maximum Gasteiger partial charge on any atom is 0.269 e. The van der Waals surface area contributed by atoms with Crippen molar-refractivity contribution in [1.29, 1.82) is 0 Å². The summed E-state index contributed by atoms with van der Waals surface area (Å²) < 4.78 is 0. The van der Waals surface area contributed by atoms with Crippen LogP contribution in [0.25, 0.3) is 0 Å². The number of hydrazine groups is 1. The smallest absolute Gasteiger partial charge is 0.269 e. The van der Waals surface area contributed by atoms with E-state index in [2.05, 4.69) is 16.2 Å². The second-order valence-electron chi connectivity index (χ2n) is 5.56. The molecule has 0 spiro atoms. The Kier molecular flexibility index (Phi) is 6.28. The molecule has 0 aliphatic rings. The number of hydrogen-bond donors (Lipinski definition) is 3. The van der Waals surface area contributed by atoms with Gasteiger partial charge in [0.05, 0.1) is 0 Å². The van der Waals surface area contributed by atoms with Crippen LogP contribution >= 0.6 is 0 Å². The average Bonchev–Trinajstić information content (AvgIpc) is 2.66. The number of hydrogen-bond acceptors (Lipinski definition) is 3. The largest absolute Gasteiger partial charge is 0.340 e. The lowest BCUT2D eigenvalue weighted by atomic mass is 10.1. The Labute approximate surface area is 146 Å². The summed E-state index contributed by atoms with van der Waals surface area (Å²) in [6.07, 6.45) is 0.886. The predicted octanol–water partition coefficient (Wildman–Crippen LogP) is 1.83. The minimum Gasteiger partial charge on any atom is -0.340 e. The van der Waals surface area contributed by atoms with Crippen molar-refractivity contribution in [2.45, 2.75) is 26.3 Å². The molecule has 3 N–H and O–H groups in total. The van der Waals surface area contributed by atoms with Gasteiger partial charge in [-0.1, -0.05) is 37.3 Å². The van der Waals surface area contributed by atoms with Gasteiger partial charge in [-0.3, -0.25) is 25.2 Å². The van der Waals surface area contributed by atoms with E-state index < -0.39 is 17.9 Å². The second-order valence-corrected chi connectivity index (χ2v) is 5.56. The third kappa shape index (κ3) is 5.17. The highest BCUT2D eigenvalue weighted by Crippen LogP contribution is 2.04. The van der Waals surface area contributed by atoms with Crippen LogP contribution < -0.4 is 16.2 Å². The number of rotatable bonds is 5. The molecule has 0 saturated carbocycles. The fourth-order valence-electron chi connectivity index (χ4n) is 2.13. The molecule has 0 fully saturated rings. The van der Waals surface area contributed by atoms with Crippen LogP contribution in [0.1, 0.15) is 40.1 Å². The van der Waals surface area contributed by atoms with Crippen molar-refractivity contribution in [3.8, 4) is 0 Å². The second kappa shape index (κ2) is 8.63. The van der Waals surface area contributed by atoms with Crippen molar-refractivity contribution >= 4 is 17.7 Å². The monoisotopic (exact) mass is 339 g/mol. The Morgan fingerprint density at radius 1 is 0.840 bits per heavy atom. The van der Waals surface area contributed by atoms with Crippen molar-refractivity contribution in [2.24, 2.45) is 0 Å². The Bertz CT molecular complexity index is 742. The summed E-state index contributed by atoms with van der Waals surface area (Å²) in [7, 11) is 0. The molecule has 6 heteroatoms. The quantitative estimate of drug-likeness (QED) is 0.726. The van der Waals surface area contributed by atoms with Crippen LogP contribution in [0.5, 0.6) is 0 Å². The molecule has 2 rings (SSSR count). The van der Waals surface area contributed by atoms with E-state index in [1.54, 1.807) is 49.4 Å². The van der Waals surface area contributed by atoms with E-state index in [1.807, 2.05) is 19.1 Å². The summed E-state index contributed by atoms with van der Waals surface area (Å²) in [4.78, 5) is 36.0. The first kappa shape index (κ1) is 18.2. The molecule has 2 aromatic rings. The van der Waals surface area contributed by atoms with E-state index in [4.69, 9.17) is 0 Å². The highest BCUT2D eigenvalue weighted by atomic mass is 16.2. The average molecular weight is 339 g/mol. The van der Waals surface area contributed by atoms with Crippen LogP contribution in [0.2, 0.25) is 0 Å². The molecular weight excluding hydrogens is 318 g/mol. The Morgan fingerprint density at radius 3 is 2.04 bits per heavy atom. The third-order valence-electron chi connectivity index (χ3n) is 3.70. The van der Waals surface area contributed by atoms with E-state index in [9.17, 15) is 14.4 Å². The van der Waals surface area contributed by atoms with Crippen molar-refractivity contribution in [3.63, 3.8) is 0 Å². The summed E-state index contributed by atoms with van der Waals surface area (Å²) in [6.45, 7) is 3.57. The number of nitrogens with one attached hydrogen (secondary N) is 3. The van der Waals surface area contributed by atoms with Gasteiger partial charge in [-0.15, -0.1) is 0 Å². The van der Waals surface area contributed by atoms with Gasteiger partial charge < -0.3 is 5.32 Å². The van der Waals surface area contributed by atoms with E-state index in [-0.39, 0.29) is 5.91 Å². The van der Waals surface area contributed by atoms with E-state index in [0.717, 1.165) is 12.0 Å². The van der Waals surface area contributed by atoms with Gasteiger partial charge in [-0.25, -0.2) is 0 Å². The van der Waals surface area contributed by atoms with Gasteiger partial charge in [0, 0.05) is 11.1 Å². The minimum atomic E-state index is -0.796. The first-order chi connectivity index (χ1) is 12.0. The maximum absolute atomic E-state index is 12.0. The molecule has 0 radical (unpaired) electrons. The first-order valence-electron chi connectivity index (χ1n) is 8.06. The van der Waals surface area contributed by atoms with Gasteiger partial charge in [0.15, 0.2) is 0 Å². The Hall–Kier alpha value is -3.15. The Morgan fingerprint density at radius 2 is 1.44 bits per heavy atom. The number of aryl methyl sites for hydroxylation is 1. The van der Waals surface area contributed by atoms with Crippen LogP contribution in [0, 0.1) is 0 Å². The minimum absolute atomic E-state index is 0.357. The zero-order chi connectivity index (χ0) is 18.2. The molecule has 0 aliphatic carbocycles. The molecule has 0 heterocycles. The van der Waals surface area contributed by atoms with Crippen molar-refractivity contribution in [2.75, 3.05) is 0 Å². The van der Waals surface area contributed by atoms with Crippen molar-refractivity contribution < 1.29 is 14.4 Å². The number of carbonyl (C=O) groups is 3. The van der Waals surface area contributed by atoms with Crippen molar-refractivity contribution in [1.82, 2.24) is 16.2 Å². The fourth-order valence-corrected chi connectivity index (χ4v) is 2.13. The first-order valence-corrected chi connectivity index (χ1v) is 8.06. The van der Waals surface area contributed by atoms with E-state index >= 15 is 0 Å². The fraction of sp³-hybridized carbons (Fsp3) is 0.211. The number of carbonyl (C=O) groups excluding carboxylic acids is 3. The zero-order valence-electron chi connectivity index (χ0n) is 14.2. The molecule has 0 bridgehead atoms. The molecule has 0 saturated heterocycles. The van der Waals surface area contributed by atoms with Crippen LogP contribution in [0.4, 0.5) is 0 Å². The standard InChI is InChI=1S/C19H21N3O3/c1-3-14-9-11-16(12-10-14)19(25)22-21-17(23)13(2)20-18(24)15-7-5-4-6-8-15/h4-13H,3H2,1-2H3,(H,20,24)(H,21,23)(H,22,25). The van der Waals surface area contributed by atoms with E-state index in [1.165, 1.54) is 0 Å². The Balaban J connectivity index is 1.84. The molecular formula is C19H21N3O3. The van der Waals surface area contributed by atoms with Crippen LogP contribution in [0.3, 0.4) is 0 Å². The molecule has 0 aromatic heterocycles.